The summed E-state index contributed by atoms with van der Waals surface area (Å²) in [6.07, 6.45) is 2.21. The Labute approximate surface area is 294 Å². The fourth-order valence-corrected chi connectivity index (χ4v) is 5.57. The lowest BCUT2D eigenvalue weighted by atomic mass is 9.73. The molecule has 1 aliphatic rings. The third kappa shape index (κ3) is 14.5. The van der Waals surface area contributed by atoms with Gasteiger partial charge >= 0.3 is 5.97 Å². The van der Waals surface area contributed by atoms with E-state index in [1.165, 1.54) is 6.92 Å². The smallest absolute Gasteiger partial charge is 0.326 e. The Morgan fingerprint density at radius 3 is 1.80 bits per heavy atom. The Morgan fingerprint density at radius 1 is 0.780 bits per heavy atom. The van der Waals surface area contributed by atoms with Crippen molar-refractivity contribution >= 4 is 41.2 Å². The number of ketones is 2. The van der Waals surface area contributed by atoms with Crippen LogP contribution in [0.3, 0.4) is 0 Å². The summed E-state index contributed by atoms with van der Waals surface area (Å²) in [7, 11) is 0. The summed E-state index contributed by atoms with van der Waals surface area (Å²) in [5.41, 5.74) is 11.4. The van der Waals surface area contributed by atoms with Crippen LogP contribution in [-0.2, 0) is 33.6 Å². The van der Waals surface area contributed by atoms with Crippen molar-refractivity contribution in [1.82, 2.24) is 26.6 Å². The summed E-state index contributed by atoms with van der Waals surface area (Å²) in [6, 6.07) is -6.18. The molecule has 0 aliphatic heterocycles. The van der Waals surface area contributed by atoms with E-state index in [1.807, 2.05) is 27.7 Å². The number of nitrogens with one attached hydrogen (secondary N) is 5. The monoisotopic (exact) mass is 709 g/mol. The van der Waals surface area contributed by atoms with E-state index in [1.54, 1.807) is 6.92 Å². The number of allylic oxidation sites excluding steroid dienone is 2. The van der Waals surface area contributed by atoms with Gasteiger partial charge in [-0.25, -0.2) is 4.79 Å². The molecule has 0 aromatic carbocycles. The first-order chi connectivity index (χ1) is 23.4. The number of aliphatic hydroxyl groups is 1. The predicted molar refractivity (Wildman–Crippen MR) is 186 cm³/mol. The highest BCUT2D eigenvalue weighted by Gasteiger charge is 2.37. The van der Waals surface area contributed by atoms with E-state index in [9.17, 15) is 43.8 Å². The molecule has 4 amide bonds. The number of Topliss-reactive ketones (excluding diaryl/α,β-unsaturated/α-hetero) is 2. The molecule has 1 fully saturated rings. The van der Waals surface area contributed by atoms with Crippen LogP contribution in [0, 0.1) is 5.41 Å². The fraction of sp³-hybridized carbons (Fsp3) is 0.735. The van der Waals surface area contributed by atoms with E-state index in [2.05, 4.69) is 26.6 Å². The average molecular weight is 710 g/mol. The number of carboxylic acids is 1. The minimum absolute atomic E-state index is 0.0264. The molecular formula is C34H59N7O9. The molecule has 50 heavy (non-hydrogen) atoms. The van der Waals surface area contributed by atoms with Crippen LogP contribution in [0.2, 0.25) is 0 Å². The zero-order valence-electron chi connectivity index (χ0n) is 30.4. The minimum Gasteiger partial charge on any atom is -0.480 e. The van der Waals surface area contributed by atoms with Crippen molar-refractivity contribution in [2.45, 2.75) is 142 Å². The molecule has 0 bridgehead atoms. The molecule has 284 valence electrons. The lowest BCUT2D eigenvalue weighted by molar-refractivity contribution is -0.142. The molecule has 0 unspecified atom stereocenters. The number of rotatable bonds is 22. The second kappa shape index (κ2) is 21.4. The zero-order valence-corrected chi connectivity index (χ0v) is 30.4. The highest BCUT2D eigenvalue weighted by atomic mass is 16.4. The van der Waals surface area contributed by atoms with E-state index < -0.39 is 71.3 Å². The number of unbranched alkanes of at least 4 members (excludes halogenated alkanes) is 2. The van der Waals surface area contributed by atoms with E-state index in [0.29, 0.717) is 25.0 Å². The van der Waals surface area contributed by atoms with Gasteiger partial charge < -0.3 is 48.3 Å². The number of amides is 4. The van der Waals surface area contributed by atoms with Gasteiger partial charge in [-0.15, -0.1) is 0 Å². The van der Waals surface area contributed by atoms with Crippen LogP contribution in [-0.4, -0.2) is 101 Å². The Hall–Kier alpha value is -3.89. The van der Waals surface area contributed by atoms with E-state index in [-0.39, 0.29) is 62.3 Å². The van der Waals surface area contributed by atoms with E-state index >= 15 is 0 Å². The zero-order chi connectivity index (χ0) is 38.2. The molecule has 0 radical (unpaired) electrons. The summed E-state index contributed by atoms with van der Waals surface area (Å²) in [5.74, 6) is -5.04. The molecule has 1 rings (SSSR count). The minimum atomic E-state index is -1.57. The van der Waals surface area contributed by atoms with Crippen LogP contribution in [0.4, 0.5) is 0 Å². The number of carboxylic acid groups (broad SMARTS) is 1. The first-order valence-corrected chi connectivity index (χ1v) is 17.5. The third-order valence-electron chi connectivity index (χ3n) is 8.48. The van der Waals surface area contributed by atoms with Crippen molar-refractivity contribution in [3.05, 3.63) is 11.3 Å². The topological polar surface area (TPSA) is 272 Å². The van der Waals surface area contributed by atoms with Gasteiger partial charge in [0.1, 0.15) is 24.2 Å². The maximum Gasteiger partial charge on any atom is 0.326 e. The van der Waals surface area contributed by atoms with Crippen molar-refractivity contribution in [3.8, 4) is 0 Å². The lowest BCUT2D eigenvalue weighted by Gasteiger charge is -2.29. The number of hydrogen-bond donors (Lipinski definition) is 9. The summed E-state index contributed by atoms with van der Waals surface area (Å²) in [6.45, 7) is 10.3. The van der Waals surface area contributed by atoms with Gasteiger partial charge in [-0.05, 0) is 51.5 Å². The van der Waals surface area contributed by atoms with Crippen LogP contribution < -0.4 is 38.1 Å². The fourth-order valence-electron chi connectivity index (χ4n) is 5.57. The first kappa shape index (κ1) is 44.1. The molecule has 0 aromatic rings. The van der Waals surface area contributed by atoms with Gasteiger partial charge in [-0.3, -0.25) is 28.8 Å². The molecule has 6 atom stereocenters. The van der Waals surface area contributed by atoms with Crippen LogP contribution in [0.1, 0.15) is 106 Å². The molecule has 16 nitrogen and oxygen atoms in total. The molecule has 1 saturated carbocycles. The van der Waals surface area contributed by atoms with Gasteiger partial charge in [-0.1, -0.05) is 53.4 Å². The molecule has 1 aliphatic carbocycles. The van der Waals surface area contributed by atoms with Crippen molar-refractivity contribution in [2.24, 2.45) is 16.9 Å². The summed E-state index contributed by atoms with van der Waals surface area (Å²) < 4.78 is 0. The third-order valence-corrected chi connectivity index (χ3v) is 8.48. The molecule has 0 spiro atoms. The van der Waals surface area contributed by atoms with Gasteiger partial charge in [0.25, 0.3) is 0 Å². The quantitative estimate of drug-likeness (QED) is 0.0516. The predicted octanol–water partition coefficient (Wildman–Crippen LogP) is -0.341. The Kier molecular flexibility index (Phi) is 18.8. The number of carbonyl (C=O) groups is 7. The normalized spacial score (nSPS) is 17.7. The number of nitrogens with two attached hydrogens (primary N) is 2. The van der Waals surface area contributed by atoms with Gasteiger partial charge in [0, 0.05) is 25.1 Å². The highest BCUT2D eigenvalue weighted by Crippen LogP contribution is 2.34. The molecule has 0 aromatic heterocycles. The second-order valence-corrected chi connectivity index (χ2v) is 13.8. The van der Waals surface area contributed by atoms with Gasteiger partial charge in [-0.2, -0.15) is 0 Å². The summed E-state index contributed by atoms with van der Waals surface area (Å²) in [5, 5.41) is 33.0. The Bertz CT molecular complexity index is 1230. The lowest BCUT2D eigenvalue weighted by Crippen LogP contribution is -2.61. The Morgan fingerprint density at radius 2 is 1.28 bits per heavy atom. The van der Waals surface area contributed by atoms with E-state index in [0.717, 1.165) is 12.8 Å². The van der Waals surface area contributed by atoms with Crippen LogP contribution in [0.25, 0.3) is 0 Å². The van der Waals surface area contributed by atoms with Gasteiger partial charge in [0.2, 0.25) is 23.6 Å². The molecular weight excluding hydrogens is 650 g/mol. The maximum absolute atomic E-state index is 13.5. The maximum atomic E-state index is 13.5. The van der Waals surface area contributed by atoms with Crippen LogP contribution >= 0.6 is 0 Å². The summed E-state index contributed by atoms with van der Waals surface area (Å²) >= 11 is 0. The van der Waals surface area contributed by atoms with Crippen LogP contribution in [0.15, 0.2) is 11.3 Å². The van der Waals surface area contributed by atoms with Gasteiger partial charge in [0.15, 0.2) is 11.6 Å². The van der Waals surface area contributed by atoms with E-state index in [4.69, 9.17) is 11.5 Å². The largest absolute Gasteiger partial charge is 0.480 e. The van der Waals surface area contributed by atoms with Crippen molar-refractivity contribution in [1.29, 1.82) is 0 Å². The number of aliphatic carboxylic acids is 1. The van der Waals surface area contributed by atoms with Crippen molar-refractivity contribution < 1.29 is 43.8 Å². The average Bonchev–Trinajstić information content (AvgIpc) is 3.01. The van der Waals surface area contributed by atoms with Crippen molar-refractivity contribution in [3.63, 3.8) is 0 Å². The molecule has 11 N–H and O–H groups in total. The van der Waals surface area contributed by atoms with Gasteiger partial charge in [0.05, 0.1) is 17.7 Å². The second-order valence-electron chi connectivity index (χ2n) is 13.8. The molecule has 0 saturated heterocycles. The number of carbonyl (C=O) groups excluding carboxylic acids is 6. The summed E-state index contributed by atoms with van der Waals surface area (Å²) in [4.78, 5) is 90.1. The van der Waals surface area contributed by atoms with Crippen LogP contribution in [0.5, 0.6) is 0 Å². The standard InChI is InChI=1S/C34H59N7O9/c1-7-9-11-21(36)29(45)38-22(12-10-8-2)31(47)41-28(20(4)42)32(48)39-23(30(46)40-24(13-15-35)33(49)50)14-16-37-19(3)27-25(43)17-34(5,6)18-26(27)44/h20-24,28,37,42H,7-18,35-36H2,1-6H3,(H,38,45)(H,39,48)(H,40,46)(H,41,47)(H,49,50)/t20-,21+,22+,23+,24+,28+/m1/s1. The first-order valence-electron chi connectivity index (χ1n) is 17.5. The molecule has 16 heteroatoms. The number of hydrogen-bond acceptors (Lipinski definition) is 11. The Balaban J connectivity index is 3.22. The van der Waals surface area contributed by atoms with Crippen molar-refractivity contribution in [2.75, 3.05) is 13.1 Å². The highest BCUT2D eigenvalue weighted by molar-refractivity contribution is 6.22. The SMILES string of the molecule is CCCC[C@H](NC(=O)[C@@H](N)CCCC)C(=O)N[C@H](C(=O)N[C@@H](CCNC(C)=C1C(=O)CC(C)(C)CC1=O)C(=O)N[C@@H](CCN)C(=O)O)[C@@H](C)O. The number of aliphatic hydroxyl groups excluding tert-OH is 1. The molecule has 0 heterocycles.